The second-order valence-electron chi connectivity index (χ2n) is 11.0. The highest BCUT2D eigenvalue weighted by atomic mass is 16.5. The van der Waals surface area contributed by atoms with E-state index >= 15 is 0 Å². The molecule has 3 unspecified atom stereocenters. The van der Waals surface area contributed by atoms with E-state index in [0.717, 1.165) is 32.1 Å². The molecule has 7 heteroatoms. The van der Waals surface area contributed by atoms with E-state index < -0.39 is 35.3 Å². The van der Waals surface area contributed by atoms with Crippen LogP contribution in [0.15, 0.2) is 23.3 Å². The van der Waals surface area contributed by atoms with Crippen LogP contribution in [0.4, 0.5) is 0 Å². The molecule has 0 aromatic heterocycles. The largest absolute Gasteiger partial charge is 0.481 e. The van der Waals surface area contributed by atoms with Crippen LogP contribution in [0.25, 0.3) is 0 Å². The highest BCUT2D eigenvalue weighted by molar-refractivity contribution is 5.91. The Labute approximate surface area is 194 Å². The van der Waals surface area contributed by atoms with Gasteiger partial charge in [-0.1, -0.05) is 44.1 Å². The second-order valence-corrected chi connectivity index (χ2v) is 11.0. The third-order valence-corrected chi connectivity index (χ3v) is 9.38. The van der Waals surface area contributed by atoms with E-state index in [1.54, 1.807) is 0 Å². The zero-order valence-corrected chi connectivity index (χ0v) is 19.8. The number of ether oxygens (including phenoxy) is 1. The number of carbonyl (C=O) groups excluding carboxylic acids is 2. The maximum Gasteiger partial charge on any atom is 0.306 e. The van der Waals surface area contributed by atoms with Gasteiger partial charge in [0.25, 0.3) is 0 Å². The summed E-state index contributed by atoms with van der Waals surface area (Å²) in [6, 6.07) is 0. The number of ketones is 1. The SMILES string of the molecule is C[C@@H]1CC2C3CCC4=CC(O)CC[C@]4(C)C3=CC[C@]2(C)[C@@]1(O)C(=O)COC(=O)CCC(=O)O. The first-order chi connectivity index (χ1) is 15.4. The zero-order valence-electron chi connectivity index (χ0n) is 19.8. The number of carboxylic acid groups (broad SMARTS) is 1. The highest BCUT2D eigenvalue weighted by Gasteiger charge is 2.67. The Morgan fingerprint density at radius 1 is 1.18 bits per heavy atom. The van der Waals surface area contributed by atoms with Crippen LogP contribution in [0.3, 0.4) is 0 Å². The van der Waals surface area contributed by atoms with Gasteiger partial charge in [0.05, 0.1) is 18.9 Å². The highest BCUT2D eigenvalue weighted by Crippen LogP contribution is 2.67. The molecule has 4 aliphatic carbocycles. The number of esters is 1. The Morgan fingerprint density at radius 3 is 2.61 bits per heavy atom. The summed E-state index contributed by atoms with van der Waals surface area (Å²) in [7, 11) is 0. The Bertz CT molecular complexity index is 920. The topological polar surface area (TPSA) is 121 Å². The Kier molecular flexibility index (Phi) is 6.11. The monoisotopic (exact) mass is 460 g/mol. The first kappa shape index (κ1) is 24.1. The predicted octanol–water partition coefficient (Wildman–Crippen LogP) is 3.18. The maximum absolute atomic E-state index is 13.3. The predicted molar refractivity (Wildman–Crippen MR) is 120 cm³/mol. The molecule has 4 rings (SSSR count). The number of rotatable bonds is 6. The van der Waals surface area contributed by atoms with Crippen LogP contribution in [0.1, 0.15) is 72.1 Å². The Balaban J connectivity index is 1.56. The van der Waals surface area contributed by atoms with Gasteiger partial charge >= 0.3 is 11.9 Å². The molecule has 7 nitrogen and oxygen atoms in total. The molecular formula is C26H36O7. The van der Waals surface area contributed by atoms with Crippen LogP contribution in [0.2, 0.25) is 0 Å². The number of aliphatic hydroxyl groups excluding tert-OH is 1. The van der Waals surface area contributed by atoms with Gasteiger partial charge in [0.15, 0.2) is 6.61 Å². The summed E-state index contributed by atoms with van der Waals surface area (Å²) >= 11 is 0. The molecule has 0 radical (unpaired) electrons. The number of hydrogen-bond donors (Lipinski definition) is 3. The average Bonchev–Trinajstić information content (AvgIpc) is 2.98. The van der Waals surface area contributed by atoms with Crippen molar-refractivity contribution in [3.8, 4) is 0 Å². The van der Waals surface area contributed by atoms with Crippen molar-refractivity contribution in [3.05, 3.63) is 23.3 Å². The van der Waals surface area contributed by atoms with E-state index in [1.165, 1.54) is 11.1 Å². The van der Waals surface area contributed by atoms with Crippen molar-refractivity contribution in [2.24, 2.45) is 28.6 Å². The Morgan fingerprint density at radius 2 is 1.91 bits per heavy atom. The van der Waals surface area contributed by atoms with Crippen LogP contribution >= 0.6 is 0 Å². The molecule has 0 spiro atoms. The van der Waals surface area contributed by atoms with Crippen LogP contribution in [-0.2, 0) is 19.1 Å². The third kappa shape index (κ3) is 3.68. The molecule has 33 heavy (non-hydrogen) atoms. The molecule has 4 aliphatic rings. The summed E-state index contributed by atoms with van der Waals surface area (Å²) in [5.74, 6) is -2.19. The van der Waals surface area contributed by atoms with Crippen LogP contribution < -0.4 is 0 Å². The maximum atomic E-state index is 13.3. The molecule has 0 bridgehead atoms. The van der Waals surface area contributed by atoms with E-state index in [9.17, 15) is 24.6 Å². The molecule has 0 aromatic rings. The van der Waals surface area contributed by atoms with Crippen molar-refractivity contribution in [2.75, 3.05) is 6.61 Å². The molecule has 0 heterocycles. The molecule has 0 aliphatic heterocycles. The lowest BCUT2D eigenvalue weighted by Gasteiger charge is -2.55. The summed E-state index contributed by atoms with van der Waals surface area (Å²) in [5, 5.41) is 30.7. The van der Waals surface area contributed by atoms with Gasteiger partial charge in [-0.05, 0) is 56.3 Å². The van der Waals surface area contributed by atoms with Crippen molar-refractivity contribution in [1.29, 1.82) is 0 Å². The first-order valence-electron chi connectivity index (χ1n) is 12.2. The summed E-state index contributed by atoms with van der Waals surface area (Å²) in [6.07, 6.45) is 8.08. The molecule has 2 saturated carbocycles. The molecule has 0 aromatic carbocycles. The summed E-state index contributed by atoms with van der Waals surface area (Å²) in [5.41, 5.74) is 0.400. The van der Waals surface area contributed by atoms with Crippen LogP contribution in [0.5, 0.6) is 0 Å². The first-order valence-corrected chi connectivity index (χ1v) is 12.2. The molecule has 182 valence electrons. The van der Waals surface area contributed by atoms with Crippen molar-refractivity contribution in [3.63, 3.8) is 0 Å². The van der Waals surface area contributed by atoms with Gasteiger partial charge in [0.2, 0.25) is 5.78 Å². The number of allylic oxidation sites excluding steroid dienone is 3. The van der Waals surface area contributed by atoms with Gasteiger partial charge in [-0.2, -0.15) is 0 Å². The number of Topliss-reactive ketones (excluding diaryl/α,β-unsaturated/α-hetero) is 1. The molecular weight excluding hydrogens is 424 g/mol. The summed E-state index contributed by atoms with van der Waals surface area (Å²) in [4.78, 5) is 35.8. The minimum atomic E-state index is -1.60. The van der Waals surface area contributed by atoms with Crippen molar-refractivity contribution >= 4 is 17.7 Å². The average molecular weight is 461 g/mol. The number of aliphatic carboxylic acids is 1. The van der Waals surface area contributed by atoms with Crippen molar-refractivity contribution in [2.45, 2.75) is 83.8 Å². The van der Waals surface area contributed by atoms with Gasteiger partial charge in [-0.15, -0.1) is 0 Å². The number of carboxylic acids is 1. The fourth-order valence-electron chi connectivity index (χ4n) is 7.48. The molecule has 0 amide bonds. The zero-order chi connectivity index (χ0) is 24.2. The lowest BCUT2D eigenvalue weighted by atomic mass is 9.50. The summed E-state index contributed by atoms with van der Waals surface area (Å²) in [6.45, 7) is 5.64. The lowest BCUT2D eigenvalue weighted by molar-refractivity contribution is -0.168. The minimum Gasteiger partial charge on any atom is -0.481 e. The standard InChI is InChI=1S/C26H36O7/c1-15-12-20-18-5-4-16-13-17(27)8-10-24(16,2)19(18)9-11-25(20,3)26(15,32)21(28)14-33-23(31)7-6-22(29)30/h9,13,15,17-18,20,27,32H,4-8,10-12,14H2,1-3H3,(H,29,30)/t15-,17?,18?,20?,24+,25+,26+/m1/s1. The van der Waals surface area contributed by atoms with Gasteiger partial charge < -0.3 is 20.1 Å². The molecule has 3 N–H and O–H groups in total. The van der Waals surface area contributed by atoms with Crippen LogP contribution in [-0.4, -0.2) is 51.4 Å². The second kappa shape index (κ2) is 8.35. The molecule has 0 saturated heterocycles. The number of aliphatic hydroxyl groups is 2. The van der Waals surface area contributed by atoms with Crippen molar-refractivity contribution < 1.29 is 34.4 Å². The van der Waals surface area contributed by atoms with E-state index in [4.69, 9.17) is 9.84 Å². The van der Waals surface area contributed by atoms with Gasteiger partial charge in [-0.25, -0.2) is 0 Å². The fraction of sp³-hybridized carbons (Fsp3) is 0.731. The third-order valence-electron chi connectivity index (χ3n) is 9.38. The van der Waals surface area contributed by atoms with E-state index in [0.29, 0.717) is 6.42 Å². The van der Waals surface area contributed by atoms with Gasteiger partial charge in [0.1, 0.15) is 5.60 Å². The normalized spacial score (nSPS) is 41.7. The molecule has 2 fully saturated rings. The van der Waals surface area contributed by atoms with E-state index in [2.05, 4.69) is 13.0 Å². The van der Waals surface area contributed by atoms with E-state index in [1.807, 2.05) is 19.9 Å². The minimum absolute atomic E-state index is 0.0584. The number of carbonyl (C=O) groups is 3. The van der Waals surface area contributed by atoms with Crippen LogP contribution in [0, 0.1) is 28.6 Å². The Hall–Kier alpha value is -1.99. The fourth-order valence-corrected chi connectivity index (χ4v) is 7.48. The van der Waals surface area contributed by atoms with Gasteiger partial charge in [-0.3, -0.25) is 14.4 Å². The molecule has 7 atom stereocenters. The lowest BCUT2D eigenvalue weighted by Crippen LogP contribution is -2.57. The van der Waals surface area contributed by atoms with E-state index in [-0.39, 0.29) is 42.1 Å². The van der Waals surface area contributed by atoms with Gasteiger partial charge in [0, 0.05) is 10.8 Å². The smallest absolute Gasteiger partial charge is 0.306 e. The van der Waals surface area contributed by atoms with Crippen molar-refractivity contribution in [1.82, 2.24) is 0 Å². The summed E-state index contributed by atoms with van der Waals surface area (Å²) < 4.78 is 5.05. The quantitative estimate of drug-likeness (QED) is 0.411. The number of fused-ring (bicyclic) bond motifs is 5. The number of hydrogen-bond acceptors (Lipinski definition) is 6.